The van der Waals surface area contributed by atoms with Crippen LogP contribution in [-0.2, 0) is 9.53 Å². The zero-order valence-corrected chi connectivity index (χ0v) is 18.1. The molecule has 1 aliphatic rings. The summed E-state index contributed by atoms with van der Waals surface area (Å²) in [7, 11) is 0. The average Bonchev–Trinajstić information content (AvgIpc) is 3.30. The summed E-state index contributed by atoms with van der Waals surface area (Å²) in [5.74, 6) is -1.45. The van der Waals surface area contributed by atoms with Crippen LogP contribution in [0.1, 0.15) is 59.1 Å². The molecule has 2 aromatic rings. The molecule has 1 aliphatic carbocycles. The SMILES string of the molecule is Cc1ccc(C(=O)OCC(=O)NC(=O)NC2CCCCC2C)cc1NC(=O)c1ccco1. The molecule has 1 fully saturated rings. The molecule has 1 saturated carbocycles. The Bertz CT molecular complexity index is 986. The number of carbonyl (C=O) groups is 4. The number of carbonyl (C=O) groups excluding carboxylic acids is 4. The first-order chi connectivity index (χ1) is 15.3. The summed E-state index contributed by atoms with van der Waals surface area (Å²) in [6, 6.07) is 7.17. The molecule has 2 unspecified atom stereocenters. The van der Waals surface area contributed by atoms with E-state index in [2.05, 4.69) is 22.9 Å². The predicted octanol–water partition coefficient (Wildman–Crippen LogP) is 3.40. The summed E-state index contributed by atoms with van der Waals surface area (Å²) >= 11 is 0. The Morgan fingerprint density at radius 2 is 1.91 bits per heavy atom. The molecule has 1 aromatic heterocycles. The molecule has 32 heavy (non-hydrogen) atoms. The lowest BCUT2D eigenvalue weighted by molar-refractivity contribution is -0.123. The number of ether oxygens (including phenoxy) is 1. The maximum absolute atomic E-state index is 12.3. The molecule has 9 heteroatoms. The minimum atomic E-state index is -0.755. The zero-order chi connectivity index (χ0) is 23.1. The summed E-state index contributed by atoms with van der Waals surface area (Å²) in [6.07, 6.45) is 5.49. The zero-order valence-electron chi connectivity index (χ0n) is 18.1. The van der Waals surface area contributed by atoms with Crippen molar-refractivity contribution >= 4 is 29.5 Å². The predicted molar refractivity (Wildman–Crippen MR) is 116 cm³/mol. The fourth-order valence-corrected chi connectivity index (χ4v) is 3.59. The van der Waals surface area contributed by atoms with Gasteiger partial charge in [-0.1, -0.05) is 25.8 Å². The Balaban J connectivity index is 1.50. The van der Waals surface area contributed by atoms with Crippen LogP contribution in [0.15, 0.2) is 41.0 Å². The summed E-state index contributed by atoms with van der Waals surface area (Å²) in [5.41, 5.74) is 1.29. The quantitative estimate of drug-likeness (QED) is 0.590. The Kier molecular flexibility index (Phi) is 7.64. The highest BCUT2D eigenvalue weighted by atomic mass is 16.5. The van der Waals surface area contributed by atoms with E-state index < -0.39 is 30.4 Å². The fraction of sp³-hybridized carbons (Fsp3) is 0.391. The lowest BCUT2D eigenvalue weighted by Gasteiger charge is -2.29. The van der Waals surface area contributed by atoms with Gasteiger partial charge in [-0.3, -0.25) is 14.9 Å². The molecule has 0 bridgehead atoms. The number of hydrogen-bond donors (Lipinski definition) is 3. The number of anilines is 1. The van der Waals surface area contributed by atoms with Crippen molar-refractivity contribution in [2.75, 3.05) is 11.9 Å². The number of imide groups is 1. The van der Waals surface area contributed by atoms with Gasteiger partial charge in [0.25, 0.3) is 11.8 Å². The first-order valence-electron chi connectivity index (χ1n) is 10.6. The van der Waals surface area contributed by atoms with Crippen LogP contribution in [0.2, 0.25) is 0 Å². The lowest BCUT2D eigenvalue weighted by atomic mass is 9.86. The van der Waals surface area contributed by atoms with E-state index in [-0.39, 0.29) is 17.4 Å². The molecule has 3 N–H and O–H groups in total. The van der Waals surface area contributed by atoms with Crippen molar-refractivity contribution in [3.05, 3.63) is 53.5 Å². The van der Waals surface area contributed by atoms with Crippen LogP contribution in [0.25, 0.3) is 0 Å². The largest absolute Gasteiger partial charge is 0.459 e. The second kappa shape index (κ2) is 10.6. The van der Waals surface area contributed by atoms with Gasteiger partial charge in [-0.15, -0.1) is 0 Å². The van der Waals surface area contributed by atoms with Crippen molar-refractivity contribution in [1.82, 2.24) is 10.6 Å². The summed E-state index contributed by atoms with van der Waals surface area (Å²) in [4.78, 5) is 48.5. The van der Waals surface area contributed by atoms with Crippen molar-refractivity contribution in [2.45, 2.75) is 45.6 Å². The molecule has 0 spiro atoms. The molecule has 0 radical (unpaired) electrons. The highest BCUT2D eigenvalue weighted by Crippen LogP contribution is 2.23. The van der Waals surface area contributed by atoms with Gasteiger partial charge in [0.2, 0.25) is 0 Å². The van der Waals surface area contributed by atoms with Crippen molar-refractivity contribution < 1.29 is 28.3 Å². The van der Waals surface area contributed by atoms with Crippen molar-refractivity contribution in [3.63, 3.8) is 0 Å². The molecule has 1 aromatic carbocycles. The Morgan fingerprint density at radius 1 is 1.12 bits per heavy atom. The minimum absolute atomic E-state index is 0.0291. The van der Waals surface area contributed by atoms with Gasteiger partial charge in [-0.2, -0.15) is 0 Å². The van der Waals surface area contributed by atoms with Crippen LogP contribution in [0.4, 0.5) is 10.5 Å². The minimum Gasteiger partial charge on any atom is -0.459 e. The Hall–Kier alpha value is -3.62. The van der Waals surface area contributed by atoms with E-state index in [9.17, 15) is 19.2 Å². The number of rotatable bonds is 6. The molecule has 4 amide bonds. The van der Waals surface area contributed by atoms with Crippen LogP contribution in [0.5, 0.6) is 0 Å². The number of hydrogen-bond acceptors (Lipinski definition) is 6. The number of amides is 4. The standard InChI is InChI=1S/C23H27N3O6/c1-14-6-3-4-7-17(14)25-23(30)26-20(27)13-32-22(29)16-10-9-15(2)18(12-16)24-21(28)19-8-5-11-31-19/h5,8-12,14,17H,3-4,6-7,13H2,1-2H3,(H,24,28)(H2,25,26,27,30). The van der Waals surface area contributed by atoms with E-state index in [0.717, 1.165) is 31.2 Å². The normalized spacial score (nSPS) is 17.8. The molecular formula is C23H27N3O6. The second-order valence-corrected chi connectivity index (χ2v) is 7.93. The third-order valence-electron chi connectivity index (χ3n) is 5.48. The van der Waals surface area contributed by atoms with Crippen LogP contribution in [0.3, 0.4) is 0 Å². The molecule has 9 nitrogen and oxygen atoms in total. The van der Waals surface area contributed by atoms with Crippen LogP contribution >= 0.6 is 0 Å². The van der Waals surface area contributed by atoms with E-state index >= 15 is 0 Å². The number of benzene rings is 1. The third kappa shape index (κ3) is 6.19. The molecule has 2 atom stereocenters. The van der Waals surface area contributed by atoms with E-state index in [1.54, 1.807) is 19.1 Å². The van der Waals surface area contributed by atoms with Gasteiger partial charge in [0.15, 0.2) is 12.4 Å². The van der Waals surface area contributed by atoms with Crippen molar-refractivity contribution in [1.29, 1.82) is 0 Å². The number of urea groups is 1. The first kappa shape index (κ1) is 23.1. The molecule has 0 saturated heterocycles. The van der Waals surface area contributed by atoms with Gasteiger partial charge in [-0.05, 0) is 55.5 Å². The molecular weight excluding hydrogens is 414 g/mol. The third-order valence-corrected chi connectivity index (χ3v) is 5.48. The second-order valence-electron chi connectivity index (χ2n) is 7.93. The summed E-state index contributed by atoms with van der Waals surface area (Å²) < 4.78 is 10.1. The maximum atomic E-state index is 12.3. The van der Waals surface area contributed by atoms with Crippen LogP contribution in [-0.4, -0.2) is 36.5 Å². The van der Waals surface area contributed by atoms with Gasteiger partial charge >= 0.3 is 12.0 Å². The van der Waals surface area contributed by atoms with Crippen molar-refractivity contribution in [3.8, 4) is 0 Å². The monoisotopic (exact) mass is 441 g/mol. The first-order valence-corrected chi connectivity index (χ1v) is 10.6. The molecule has 0 aliphatic heterocycles. The van der Waals surface area contributed by atoms with Gasteiger partial charge < -0.3 is 19.8 Å². The fourth-order valence-electron chi connectivity index (χ4n) is 3.59. The summed E-state index contributed by atoms with van der Waals surface area (Å²) in [5, 5.41) is 7.65. The number of esters is 1. The van der Waals surface area contributed by atoms with Crippen LogP contribution in [0, 0.1) is 12.8 Å². The smallest absolute Gasteiger partial charge is 0.338 e. The van der Waals surface area contributed by atoms with Crippen molar-refractivity contribution in [2.24, 2.45) is 5.92 Å². The number of furan rings is 1. The Morgan fingerprint density at radius 3 is 2.62 bits per heavy atom. The average molecular weight is 441 g/mol. The maximum Gasteiger partial charge on any atom is 0.338 e. The lowest BCUT2D eigenvalue weighted by Crippen LogP contribution is -2.48. The van der Waals surface area contributed by atoms with Gasteiger partial charge in [-0.25, -0.2) is 9.59 Å². The van der Waals surface area contributed by atoms with E-state index in [1.165, 1.54) is 24.5 Å². The van der Waals surface area contributed by atoms with Gasteiger partial charge in [0.1, 0.15) is 0 Å². The highest BCUT2D eigenvalue weighted by molar-refractivity contribution is 6.03. The summed E-state index contributed by atoms with van der Waals surface area (Å²) in [6.45, 7) is 3.24. The van der Waals surface area contributed by atoms with Crippen LogP contribution < -0.4 is 16.0 Å². The molecule has 170 valence electrons. The van der Waals surface area contributed by atoms with E-state index in [0.29, 0.717) is 11.6 Å². The van der Waals surface area contributed by atoms with Gasteiger partial charge in [0.05, 0.1) is 11.8 Å². The highest BCUT2D eigenvalue weighted by Gasteiger charge is 2.23. The number of nitrogens with one attached hydrogen (secondary N) is 3. The molecule has 1 heterocycles. The number of aryl methyl sites for hydroxylation is 1. The van der Waals surface area contributed by atoms with Gasteiger partial charge in [0, 0.05) is 11.7 Å². The van der Waals surface area contributed by atoms with E-state index in [4.69, 9.17) is 9.15 Å². The topological polar surface area (TPSA) is 127 Å². The van der Waals surface area contributed by atoms with E-state index in [1.807, 2.05) is 0 Å². The Labute approximate surface area is 185 Å². The molecule has 3 rings (SSSR count).